The zero-order valence-electron chi connectivity index (χ0n) is 12.4. The van der Waals surface area contributed by atoms with Crippen LogP contribution in [-0.2, 0) is 19.2 Å². The van der Waals surface area contributed by atoms with Gasteiger partial charge in [0.1, 0.15) is 0 Å². The average molecular weight is 301 g/mol. The molecule has 0 rings (SSSR count). The molecule has 0 spiro atoms. The zero-order chi connectivity index (χ0) is 16.4. The van der Waals surface area contributed by atoms with Crippen molar-refractivity contribution in [3.8, 4) is 0 Å². The van der Waals surface area contributed by atoms with E-state index < -0.39 is 29.8 Å². The summed E-state index contributed by atoms with van der Waals surface area (Å²) in [7, 11) is 0. The van der Waals surface area contributed by atoms with E-state index in [-0.39, 0.29) is 37.9 Å². The highest BCUT2D eigenvalue weighted by Crippen LogP contribution is 2.13. The van der Waals surface area contributed by atoms with Crippen molar-refractivity contribution in [1.29, 1.82) is 0 Å². The highest BCUT2D eigenvalue weighted by molar-refractivity contribution is 5.90. The molecule has 0 bridgehead atoms. The van der Waals surface area contributed by atoms with E-state index in [1.54, 1.807) is 13.8 Å². The maximum Gasteiger partial charge on any atom is 0.303 e. The molecule has 120 valence electrons. The van der Waals surface area contributed by atoms with Crippen LogP contribution in [0.25, 0.3) is 0 Å². The van der Waals surface area contributed by atoms with E-state index in [9.17, 15) is 19.2 Å². The number of carbonyl (C=O) groups is 4. The zero-order valence-corrected chi connectivity index (χ0v) is 12.4. The second kappa shape index (κ2) is 9.90. The Morgan fingerprint density at radius 2 is 1.48 bits per heavy atom. The van der Waals surface area contributed by atoms with Crippen molar-refractivity contribution in [2.24, 2.45) is 5.92 Å². The molecule has 0 saturated carbocycles. The maximum atomic E-state index is 12.1. The molecule has 2 unspecified atom stereocenters. The molecule has 0 aromatic carbocycles. The molecule has 7 heteroatoms. The normalized spacial score (nSPS) is 13.2. The van der Waals surface area contributed by atoms with E-state index in [2.05, 4.69) is 5.32 Å². The lowest BCUT2D eigenvalue weighted by molar-refractivity contribution is -0.139. The van der Waals surface area contributed by atoms with Gasteiger partial charge in [0.05, 0.1) is 6.04 Å². The van der Waals surface area contributed by atoms with E-state index in [4.69, 9.17) is 10.2 Å². The summed E-state index contributed by atoms with van der Waals surface area (Å²) >= 11 is 0. The fraction of sp³-hybridized carbons (Fsp3) is 0.714. The second-order valence-corrected chi connectivity index (χ2v) is 4.85. The lowest BCUT2D eigenvalue weighted by Gasteiger charge is -2.20. The Kier molecular flexibility index (Phi) is 9.00. The molecular formula is C14H23NO6. The van der Waals surface area contributed by atoms with Crippen LogP contribution in [0.2, 0.25) is 0 Å². The lowest BCUT2D eigenvalue weighted by Crippen LogP contribution is -2.43. The van der Waals surface area contributed by atoms with E-state index in [0.717, 1.165) is 0 Å². The minimum atomic E-state index is -1.03. The predicted octanol–water partition coefficient (Wildman–Crippen LogP) is 1.21. The lowest BCUT2D eigenvalue weighted by atomic mass is 9.97. The molecule has 0 radical (unpaired) electrons. The third-order valence-electron chi connectivity index (χ3n) is 3.27. The highest BCUT2D eigenvalue weighted by Gasteiger charge is 2.24. The number of Topliss-reactive ketones (excluding diaryl/α,β-unsaturated/α-hetero) is 1. The van der Waals surface area contributed by atoms with Gasteiger partial charge in [-0.2, -0.15) is 0 Å². The number of carboxylic acid groups (broad SMARTS) is 2. The van der Waals surface area contributed by atoms with Gasteiger partial charge in [-0.25, -0.2) is 0 Å². The summed E-state index contributed by atoms with van der Waals surface area (Å²) in [5.41, 5.74) is 0. The van der Waals surface area contributed by atoms with Gasteiger partial charge in [-0.1, -0.05) is 13.8 Å². The smallest absolute Gasteiger partial charge is 0.303 e. The van der Waals surface area contributed by atoms with Crippen LogP contribution in [0.1, 0.15) is 52.4 Å². The number of rotatable bonds is 11. The summed E-state index contributed by atoms with van der Waals surface area (Å²) in [5, 5.41) is 19.9. The van der Waals surface area contributed by atoms with Gasteiger partial charge in [-0.3, -0.25) is 19.2 Å². The summed E-state index contributed by atoms with van der Waals surface area (Å²) < 4.78 is 0. The van der Waals surface area contributed by atoms with Gasteiger partial charge in [-0.15, -0.1) is 0 Å². The number of nitrogens with one attached hydrogen (secondary N) is 1. The number of amides is 1. The van der Waals surface area contributed by atoms with Crippen molar-refractivity contribution in [2.45, 2.75) is 58.4 Å². The molecule has 0 aliphatic heterocycles. The Labute approximate surface area is 123 Å². The molecule has 21 heavy (non-hydrogen) atoms. The van der Waals surface area contributed by atoms with Crippen LogP contribution >= 0.6 is 0 Å². The van der Waals surface area contributed by atoms with E-state index in [1.165, 1.54) is 0 Å². The number of aliphatic carboxylic acids is 2. The fourth-order valence-electron chi connectivity index (χ4n) is 1.94. The van der Waals surface area contributed by atoms with Crippen molar-refractivity contribution in [3.05, 3.63) is 0 Å². The predicted molar refractivity (Wildman–Crippen MR) is 74.7 cm³/mol. The SMILES string of the molecule is CCC(=O)C(CCC(=O)O)NC(=O)C(CC)CCC(=O)O. The summed E-state index contributed by atoms with van der Waals surface area (Å²) in [4.78, 5) is 44.9. The van der Waals surface area contributed by atoms with Crippen molar-refractivity contribution in [1.82, 2.24) is 5.32 Å². The van der Waals surface area contributed by atoms with Crippen LogP contribution in [0, 0.1) is 5.92 Å². The molecule has 0 aromatic rings. The number of hydrogen-bond donors (Lipinski definition) is 3. The van der Waals surface area contributed by atoms with Crippen LogP contribution in [0.5, 0.6) is 0 Å². The Morgan fingerprint density at radius 1 is 0.952 bits per heavy atom. The van der Waals surface area contributed by atoms with Gasteiger partial charge in [0.15, 0.2) is 5.78 Å². The molecule has 1 amide bonds. The van der Waals surface area contributed by atoms with E-state index >= 15 is 0 Å². The Hall–Kier alpha value is -1.92. The first-order chi connectivity index (χ1) is 9.81. The first-order valence-electron chi connectivity index (χ1n) is 7.08. The van der Waals surface area contributed by atoms with Gasteiger partial charge < -0.3 is 15.5 Å². The molecule has 0 heterocycles. The van der Waals surface area contributed by atoms with Crippen LogP contribution < -0.4 is 5.32 Å². The van der Waals surface area contributed by atoms with Gasteiger partial charge in [0, 0.05) is 25.2 Å². The Balaban J connectivity index is 4.64. The number of carbonyl (C=O) groups excluding carboxylic acids is 2. The molecule has 0 saturated heterocycles. The molecule has 7 nitrogen and oxygen atoms in total. The summed E-state index contributed by atoms with van der Waals surface area (Å²) in [6, 6.07) is -0.822. The van der Waals surface area contributed by atoms with E-state index in [0.29, 0.717) is 6.42 Å². The number of ketones is 1. The number of hydrogen-bond acceptors (Lipinski definition) is 4. The fourth-order valence-corrected chi connectivity index (χ4v) is 1.94. The van der Waals surface area contributed by atoms with Crippen molar-refractivity contribution < 1.29 is 29.4 Å². The third kappa shape index (κ3) is 8.06. The first-order valence-corrected chi connectivity index (χ1v) is 7.08. The van der Waals surface area contributed by atoms with Gasteiger partial charge in [0.25, 0.3) is 0 Å². The van der Waals surface area contributed by atoms with Gasteiger partial charge >= 0.3 is 11.9 Å². The topological polar surface area (TPSA) is 121 Å². The van der Waals surface area contributed by atoms with Crippen molar-refractivity contribution in [2.75, 3.05) is 0 Å². The summed E-state index contributed by atoms with van der Waals surface area (Å²) in [5.74, 6) is -3.11. The largest absolute Gasteiger partial charge is 0.481 e. The molecule has 0 aromatic heterocycles. The monoisotopic (exact) mass is 301 g/mol. The Bertz CT molecular complexity index is 393. The summed E-state index contributed by atoms with van der Waals surface area (Å²) in [6.45, 7) is 3.41. The molecule has 0 fully saturated rings. The molecule has 2 atom stereocenters. The molecule has 3 N–H and O–H groups in total. The van der Waals surface area contributed by atoms with Crippen molar-refractivity contribution in [3.63, 3.8) is 0 Å². The van der Waals surface area contributed by atoms with Crippen LogP contribution in [0.3, 0.4) is 0 Å². The second-order valence-electron chi connectivity index (χ2n) is 4.85. The third-order valence-corrected chi connectivity index (χ3v) is 3.27. The van der Waals surface area contributed by atoms with E-state index in [1.807, 2.05) is 0 Å². The molecule has 0 aliphatic rings. The average Bonchev–Trinajstić information content (AvgIpc) is 2.42. The van der Waals surface area contributed by atoms with Gasteiger partial charge in [-0.05, 0) is 19.3 Å². The van der Waals surface area contributed by atoms with Crippen LogP contribution in [-0.4, -0.2) is 39.9 Å². The van der Waals surface area contributed by atoms with Crippen LogP contribution in [0.15, 0.2) is 0 Å². The van der Waals surface area contributed by atoms with Gasteiger partial charge in [0.2, 0.25) is 5.91 Å². The molecular weight excluding hydrogens is 278 g/mol. The standard InChI is InChI=1S/C14H23NO6/c1-3-9(5-7-12(17)18)14(21)15-10(11(16)4-2)6-8-13(19)20/h9-10H,3-8H2,1-2H3,(H,15,21)(H,17,18)(H,19,20). The first kappa shape index (κ1) is 19.1. The molecule has 0 aliphatic carbocycles. The minimum Gasteiger partial charge on any atom is -0.481 e. The Morgan fingerprint density at radius 3 is 1.90 bits per heavy atom. The summed E-state index contributed by atoms with van der Waals surface area (Å²) in [6.07, 6.45) is 0.588. The minimum absolute atomic E-state index is 0.0448. The van der Waals surface area contributed by atoms with Crippen molar-refractivity contribution >= 4 is 23.6 Å². The highest BCUT2D eigenvalue weighted by atomic mass is 16.4. The quantitative estimate of drug-likeness (QED) is 0.527. The van der Waals surface area contributed by atoms with Crippen LogP contribution in [0.4, 0.5) is 0 Å². The number of carboxylic acids is 2. The maximum absolute atomic E-state index is 12.1.